The molecule has 0 saturated carbocycles. The lowest BCUT2D eigenvalue weighted by atomic mass is 10.5. The molecule has 0 aromatic rings. The summed E-state index contributed by atoms with van der Waals surface area (Å²) in [6, 6.07) is 0. The number of hydrogen-bond donors (Lipinski definition) is 0. The van der Waals surface area contributed by atoms with Gasteiger partial charge in [0.2, 0.25) is 0 Å². The Hall–Kier alpha value is 2.18. The largest absolute Gasteiger partial charge is 0.476 e. The number of phosphoric ester groups is 1. The lowest BCUT2D eigenvalue weighted by molar-refractivity contribution is 0.0530. The highest BCUT2D eigenvalue weighted by Gasteiger charge is 2.44. The maximum atomic E-state index is 13.4. The van der Waals surface area contributed by atoms with E-state index in [1.54, 1.807) is 27.7 Å². The van der Waals surface area contributed by atoms with Crippen molar-refractivity contribution in [2.24, 2.45) is 0 Å². The Morgan fingerprint density at radius 1 is 0.593 bits per heavy atom. The van der Waals surface area contributed by atoms with E-state index in [-0.39, 0.29) is 0 Å². The molecule has 0 saturated heterocycles. The molecule has 5 unspecified atom stereocenters. The van der Waals surface area contributed by atoms with Crippen molar-refractivity contribution in [2.75, 3.05) is 21.3 Å². The van der Waals surface area contributed by atoms with Crippen LogP contribution in [0.1, 0.15) is 34.6 Å². The summed E-state index contributed by atoms with van der Waals surface area (Å²) in [6.07, 6.45) is -1.72. The van der Waals surface area contributed by atoms with Crippen LogP contribution < -0.4 is 0 Å². The van der Waals surface area contributed by atoms with Crippen molar-refractivity contribution in [3.63, 3.8) is 0 Å². The highest BCUT2D eigenvalue weighted by molar-refractivity contribution is 9.09. The number of rotatable bonds is 15. The highest BCUT2D eigenvalue weighted by Crippen LogP contribution is 2.63. The first kappa shape index (κ1) is 29.2. The second kappa shape index (κ2) is 14.3. The molecular formula is C14H28Br4O7P2. The van der Waals surface area contributed by atoms with E-state index in [4.69, 9.17) is 22.6 Å². The van der Waals surface area contributed by atoms with E-state index >= 15 is 0 Å². The smallest absolute Gasteiger partial charge is 0.303 e. The second-order valence-electron chi connectivity index (χ2n) is 5.97. The first-order valence-electron chi connectivity index (χ1n) is 8.30. The van der Waals surface area contributed by atoms with Crippen LogP contribution in [0, 0.1) is 0 Å². The van der Waals surface area contributed by atoms with Gasteiger partial charge in [0, 0.05) is 21.3 Å². The van der Waals surface area contributed by atoms with Gasteiger partial charge in [0.1, 0.15) is 0 Å². The molecule has 0 aliphatic rings. The van der Waals surface area contributed by atoms with Crippen molar-refractivity contribution >= 4 is 79.1 Å². The molecule has 0 N–H and O–H groups in total. The third-order valence-corrected chi connectivity index (χ3v) is 10.8. The van der Waals surface area contributed by atoms with Gasteiger partial charge in [0.25, 0.3) is 0 Å². The minimum Gasteiger partial charge on any atom is -0.303 e. The average Bonchev–Trinajstić information content (AvgIpc) is 2.60. The van der Waals surface area contributed by atoms with Crippen LogP contribution >= 0.6 is 79.1 Å². The van der Waals surface area contributed by atoms with Crippen molar-refractivity contribution in [1.82, 2.24) is 0 Å². The third-order valence-electron chi connectivity index (χ3n) is 2.87. The minimum atomic E-state index is -4.04. The van der Waals surface area contributed by atoms with Crippen LogP contribution in [0.15, 0.2) is 0 Å². The van der Waals surface area contributed by atoms with Crippen molar-refractivity contribution in [2.45, 2.75) is 64.9 Å². The summed E-state index contributed by atoms with van der Waals surface area (Å²) in [5, 5.41) is 1.74. The van der Waals surface area contributed by atoms with E-state index in [0.717, 1.165) is 0 Å². The normalized spacial score (nSPS) is 22.3. The van der Waals surface area contributed by atoms with E-state index in [0.29, 0.717) is 21.3 Å². The van der Waals surface area contributed by atoms with Gasteiger partial charge < -0.3 is 9.05 Å². The Kier molecular flexibility index (Phi) is 15.4. The molecule has 0 rings (SSSR count). The summed E-state index contributed by atoms with van der Waals surface area (Å²) in [6.45, 7) is 8.37. The first-order chi connectivity index (χ1) is 12.4. The summed E-state index contributed by atoms with van der Waals surface area (Å²) in [5.41, 5.74) is 0. The zero-order chi connectivity index (χ0) is 21.3. The molecule has 0 fully saturated rings. The number of phosphoric acid groups is 1. The maximum absolute atomic E-state index is 13.4. The molecule has 164 valence electrons. The zero-order valence-electron chi connectivity index (χ0n) is 16.0. The molecule has 0 aliphatic carbocycles. The van der Waals surface area contributed by atoms with E-state index in [2.05, 4.69) is 63.7 Å². The fourth-order valence-electron chi connectivity index (χ4n) is 1.57. The van der Waals surface area contributed by atoms with Crippen LogP contribution in [0.2, 0.25) is 0 Å². The standard InChI is InChI=1S/C14H28Br4O7P2/c1-10(6-15)21-26(19,22-11(2)7-16)14(5)25-27(20,23-12(3)8-17)24-13(4)9-18/h10-14H,6-9H2,1-5H3. The molecule has 27 heavy (non-hydrogen) atoms. The van der Waals surface area contributed by atoms with Crippen LogP contribution in [0.4, 0.5) is 0 Å². The molecule has 0 bridgehead atoms. The summed E-state index contributed by atoms with van der Waals surface area (Å²) in [4.78, 5) is 0. The van der Waals surface area contributed by atoms with Crippen LogP contribution in [0.5, 0.6) is 0 Å². The molecule has 0 amide bonds. The average molecular weight is 690 g/mol. The van der Waals surface area contributed by atoms with E-state index in [9.17, 15) is 9.13 Å². The first-order valence-corrected chi connectivity index (χ1v) is 15.9. The van der Waals surface area contributed by atoms with Gasteiger partial charge in [0.05, 0.1) is 24.4 Å². The Labute approximate surface area is 196 Å². The van der Waals surface area contributed by atoms with Crippen molar-refractivity contribution in [3.8, 4) is 0 Å². The molecule has 7 nitrogen and oxygen atoms in total. The summed E-state index contributed by atoms with van der Waals surface area (Å²) < 4.78 is 54.3. The summed E-state index contributed by atoms with van der Waals surface area (Å²) in [7, 11) is -7.83. The van der Waals surface area contributed by atoms with E-state index in [1.165, 1.54) is 6.92 Å². The van der Waals surface area contributed by atoms with Crippen LogP contribution in [-0.2, 0) is 31.7 Å². The van der Waals surface area contributed by atoms with Gasteiger partial charge in [-0.1, -0.05) is 63.7 Å². The third kappa shape index (κ3) is 11.4. The molecule has 0 radical (unpaired) electrons. The van der Waals surface area contributed by atoms with E-state index in [1.807, 2.05) is 0 Å². The topological polar surface area (TPSA) is 80.3 Å². The van der Waals surface area contributed by atoms with Gasteiger partial charge in [-0.2, -0.15) is 0 Å². The lowest BCUT2D eigenvalue weighted by Crippen LogP contribution is -2.23. The molecule has 13 heteroatoms. The Balaban J connectivity index is 5.58. The van der Waals surface area contributed by atoms with Crippen LogP contribution in [0.3, 0.4) is 0 Å². The molecule has 0 aromatic carbocycles. The minimum absolute atomic E-state index is 0.409. The van der Waals surface area contributed by atoms with Gasteiger partial charge in [-0.15, -0.1) is 0 Å². The monoisotopic (exact) mass is 686 g/mol. The summed E-state index contributed by atoms with van der Waals surface area (Å²) >= 11 is 13.1. The predicted octanol–water partition coefficient (Wildman–Crippen LogP) is 6.85. The predicted molar refractivity (Wildman–Crippen MR) is 123 cm³/mol. The Morgan fingerprint density at radius 3 is 1.19 bits per heavy atom. The second-order valence-corrected chi connectivity index (χ2v) is 12.3. The zero-order valence-corrected chi connectivity index (χ0v) is 24.1. The maximum Gasteiger partial charge on any atom is 0.476 e. The van der Waals surface area contributed by atoms with Crippen molar-refractivity contribution in [3.05, 3.63) is 0 Å². The molecule has 0 heterocycles. The van der Waals surface area contributed by atoms with Gasteiger partial charge >= 0.3 is 15.4 Å². The number of alkyl halides is 4. The van der Waals surface area contributed by atoms with Crippen LogP contribution in [0.25, 0.3) is 0 Å². The fourth-order valence-corrected chi connectivity index (χ4v) is 6.82. The quantitative estimate of drug-likeness (QED) is 0.138. The molecule has 0 aliphatic heterocycles. The van der Waals surface area contributed by atoms with Gasteiger partial charge in [0.15, 0.2) is 5.85 Å². The SMILES string of the molecule is CC(CBr)OP(=O)(OC(C)CBr)OC(C)P(=O)(OC(C)CBr)OC(C)CBr. The van der Waals surface area contributed by atoms with Crippen molar-refractivity contribution in [1.29, 1.82) is 0 Å². The van der Waals surface area contributed by atoms with Gasteiger partial charge in [-0.3, -0.25) is 18.1 Å². The van der Waals surface area contributed by atoms with Gasteiger partial charge in [-0.25, -0.2) is 4.57 Å². The summed E-state index contributed by atoms with van der Waals surface area (Å²) in [5.74, 6) is -1.17. The van der Waals surface area contributed by atoms with Crippen molar-refractivity contribution < 1.29 is 31.7 Å². The Bertz CT molecular complexity index is 482. The number of halogens is 4. The van der Waals surface area contributed by atoms with E-state index < -0.39 is 45.7 Å². The molecule has 0 aromatic heterocycles. The highest BCUT2D eigenvalue weighted by atomic mass is 79.9. The molecular weight excluding hydrogens is 662 g/mol. The molecule has 0 spiro atoms. The van der Waals surface area contributed by atoms with Crippen LogP contribution in [-0.4, -0.2) is 51.6 Å². The lowest BCUT2D eigenvalue weighted by Gasteiger charge is -2.31. The Morgan fingerprint density at radius 2 is 0.889 bits per heavy atom. The molecule has 5 atom stereocenters. The number of hydrogen-bond acceptors (Lipinski definition) is 7. The van der Waals surface area contributed by atoms with Gasteiger partial charge in [-0.05, 0) is 34.6 Å². The fraction of sp³-hybridized carbons (Fsp3) is 1.00.